The topological polar surface area (TPSA) is 42.3 Å². The molecule has 5 heteroatoms. The lowest BCUT2D eigenvalue weighted by Gasteiger charge is -2.31. The van der Waals surface area contributed by atoms with Gasteiger partial charge in [-0.05, 0) is 60.7 Å². The van der Waals surface area contributed by atoms with E-state index in [4.69, 9.17) is 0 Å². The van der Waals surface area contributed by atoms with Gasteiger partial charge in [0.25, 0.3) is 0 Å². The van der Waals surface area contributed by atoms with Gasteiger partial charge in [-0.3, -0.25) is 0 Å². The zero-order valence-electron chi connectivity index (χ0n) is 14.5. The molecule has 4 nitrogen and oxygen atoms in total. The maximum absolute atomic E-state index is 12.9. The zero-order chi connectivity index (χ0) is 18.0. The maximum atomic E-state index is 12.9. The Kier molecular flexibility index (Phi) is 4.66. The summed E-state index contributed by atoms with van der Waals surface area (Å²) in [6.07, 6.45) is 5.62. The molecule has 0 N–H and O–H groups in total. The molecule has 0 atom stereocenters. The molecule has 0 bridgehead atoms. The van der Waals surface area contributed by atoms with Gasteiger partial charge in [0.05, 0.1) is 4.90 Å². The summed E-state index contributed by atoms with van der Waals surface area (Å²) in [6.45, 7) is 1.14. The summed E-state index contributed by atoms with van der Waals surface area (Å²) >= 11 is 0. The van der Waals surface area contributed by atoms with Crippen molar-refractivity contribution in [2.24, 2.45) is 0 Å². The quantitative estimate of drug-likeness (QED) is 0.699. The smallest absolute Gasteiger partial charge is 0.243 e. The van der Waals surface area contributed by atoms with Crippen LogP contribution < -0.4 is 0 Å². The number of nitrogens with zero attached hydrogens (tertiary/aromatic N) is 2. The van der Waals surface area contributed by atoms with Gasteiger partial charge in [0, 0.05) is 31.2 Å². The summed E-state index contributed by atoms with van der Waals surface area (Å²) in [5, 5.41) is 0. The molecule has 2 aromatic carbocycles. The van der Waals surface area contributed by atoms with Gasteiger partial charge in [0.2, 0.25) is 10.0 Å². The van der Waals surface area contributed by atoms with Crippen LogP contribution in [0.25, 0.3) is 5.69 Å². The summed E-state index contributed by atoms with van der Waals surface area (Å²) in [5.41, 5.74) is 2.26. The summed E-state index contributed by atoms with van der Waals surface area (Å²) < 4.78 is 29.5. The average Bonchev–Trinajstić information content (AvgIpc) is 3.24. The molecule has 2 heterocycles. The molecule has 1 aliphatic rings. The Balaban J connectivity index is 1.47. The van der Waals surface area contributed by atoms with Gasteiger partial charge < -0.3 is 4.57 Å². The first-order valence-corrected chi connectivity index (χ1v) is 10.4. The van der Waals surface area contributed by atoms with Crippen molar-refractivity contribution in [3.05, 3.63) is 84.7 Å². The van der Waals surface area contributed by atoms with Crippen molar-refractivity contribution in [2.45, 2.75) is 23.7 Å². The van der Waals surface area contributed by atoms with Gasteiger partial charge in [-0.25, -0.2) is 8.42 Å². The van der Waals surface area contributed by atoms with Crippen molar-refractivity contribution >= 4 is 10.0 Å². The fourth-order valence-corrected chi connectivity index (χ4v) is 5.07. The third-order valence-corrected chi connectivity index (χ3v) is 7.01. The van der Waals surface area contributed by atoms with Crippen LogP contribution in [0.2, 0.25) is 0 Å². The highest BCUT2D eigenvalue weighted by molar-refractivity contribution is 7.89. The van der Waals surface area contributed by atoms with E-state index in [1.54, 1.807) is 16.4 Å². The van der Waals surface area contributed by atoms with Crippen molar-refractivity contribution in [2.75, 3.05) is 13.1 Å². The standard InChI is InChI=1S/C21H22N2O2S/c24-26(25,21-10-8-20(9-11-21)22-14-4-5-15-22)23-16-12-19(13-17-23)18-6-2-1-3-7-18/h1-11,14-15,19H,12-13,16-17H2. The molecule has 0 spiro atoms. The molecule has 0 unspecified atom stereocenters. The second-order valence-corrected chi connectivity index (χ2v) is 8.61. The Morgan fingerprint density at radius 1 is 0.769 bits per heavy atom. The number of sulfonamides is 1. The lowest BCUT2D eigenvalue weighted by atomic mass is 9.90. The molecule has 0 aliphatic carbocycles. The van der Waals surface area contributed by atoms with Crippen LogP contribution >= 0.6 is 0 Å². The molecule has 4 rings (SSSR count). The van der Waals surface area contributed by atoms with Gasteiger partial charge in [0.1, 0.15) is 0 Å². The van der Waals surface area contributed by atoms with Crippen LogP contribution in [0.3, 0.4) is 0 Å². The summed E-state index contributed by atoms with van der Waals surface area (Å²) in [4.78, 5) is 0.367. The van der Waals surface area contributed by atoms with Crippen LogP contribution in [0.1, 0.15) is 24.3 Å². The lowest BCUT2D eigenvalue weighted by Crippen LogP contribution is -2.37. The van der Waals surface area contributed by atoms with Crippen LogP contribution in [0.4, 0.5) is 0 Å². The van der Waals surface area contributed by atoms with E-state index in [1.807, 2.05) is 59.4 Å². The van der Waals surface area contributed by atoms with Gasteiger partial charge in [-0.1, -0.05) is 30.3 Å². The molecule has 1 fully saturated rings. The fourth-order valence-electron chi connectivity index (χ4n) is 3.60. The Morgan fingerprint density at radius 3 is 2.00 bits per heavy atom. The molecular formula is C21H22N2O2S. The average molecular weight is 366 g/mol. The largest absolute Gasteiger partial charge is 0.324 e. The highest BCUT2D eigenvalue weighted by Crippen LogP contribution is 2.30. The monoisotopic (exact) mass is 366 g/mol. The molecule has 1 aromatic heterocycles. The van der Waals surface area contributed by atoms with E-state index in [0.717, 1.165) is 18.5 Å². The minimum atomic E-state index is -3.43. The van der Waals surface area contributed by atoms with Crippen molar-refractivity contribution in [1.29, 1.82) is 0 Å². The molecule has 0 radical (unpaired) electrons. The highest BCUT2D eigenvalue weighted by Gasteiger charge is 2.29. The SMILES string of the molecule is O=S(=O)(c1ccc(-n2cccc2)cc1)N1CCC(c2ccccc2)CC1. The molecule has 1 aliphatic heterocycles. The molecule has 1 saturated heterocycles. The minimum Gasteiger partial charge on any atom is -0.324 e. The van der Waals surface area contributed by atoms with E-state index in [1.165, 1.54) is 5.56 Å². The Hall–Kier alpha value is -2.37. The summed E-state index contributed by atoms with van der Waals surface area (Å²) in [5.74, 6) is 0.443. The molecular weight excluding hydrogens is 344 g/mol. The number of aromatic nitrogens is 1. The van der Waals surface area contributed by atoms with Gasteiger partial charge in [-0.15, -0.1) is 0 Å². The Morgan fingerprint density at radius 2 is 1.38 bits per heavy atom. The minimum absolute atomic E-state index is 0.367. The second-order valence-electron chi connectivity index (χ2n) is 6.67. The van der Waals surface area contributed by atoms with Crippen molar-refractivity contribution in [1.82, 2.24) is 8.87 Å². The maximum Gasteiger partial charge on any atom is 0.243 e. The van der Waals surface area contributed by atoms with E-state index in [-0.39, 0.29) is 0 Å². The predicted octanol–water partition coefficient (Wildman–Crippen LogP) is 4.05. The van der Waals surface area contributed by atoms with E-state index in [9.17, 15) is 8.42 Å². The molecule has 0 amide bonds. The third kappa shape index (κ3) is 3.32. The molecule has 0 saturated carbocycles. The third-order valence-electron chi connectivity index (χ3n) is 5.10. The normalized spacial score (nSPS) is 16.6. The van der Waals surface area contributed by atoms with Crippen LogP contribution in [0.5, 0.6) is 0 Å². The van der Waals surface area contributed by atoms with Crippen LogP contribution in [0.15, 0.2) is 84.0 Å². The lowest BCUT2D eigenvalue weighted by molar-refractivity contribution is 0.319. The number of rotatable bonds is 4. The Bertz CT molecular complexity index is 941. The zero-order valence-corrected chi connectivity index (χ0v) is 15.3. The number of hydrogen-bond acceptors (Lipinski definition) is 2. The van der Waals surface area contributed by atoms with E-state index < -0.39 is 10.0 Å². The second kappa shape index (κ2) is 7.09. The van der Waals surface area contributed by atoms with Gasteiger partial charge in [-0.2, -0.15) is 4.31 Å². The highest BCUT2D eigenvalue weighted by atomic mass is 32.2. The van der Waals surface area contributed by atoms with Gasteiger partial charge in [0.15, 0.2) is 0 Å². The first-order valence-electron chi connectivity index (χ1n) is 8.93. The summed E-state index contributed by atoms with van der Waals surface area (Å²) in [7, 11) is -3.43. The molecule has 3 aromatic rings. The predicted molar refractivity (Wildman–Crippen MR) is 103 cm³/mol. The van der Waals surface area contributed by atoms with Crippen molar-refractivity contribution < 1.29 is 8.42 Å². The fraction of sp³-hybridized carbons (Fsp3) is 0.238. The number of hydrogen-bond donors (Lipinski definition) is 0. The van der Waals surface area contributed by atoms with Crippen LogP contribution in [-0.4, -0.2) is 30.4 Å². The van der Waals surface area contributed by atoms with E-state index >= 15 is 0 Å². The molecule has 134 valence electrons. The van der Waals surface area contributed by atoms with Crippen LogP contribution in [-0.2, 0) is 10.0 Å². The first-order chi connectivity index (χ1) is 12.6. The van der Waals surface area contributed by atoms with Gasteiger partial charge >= 0.3 is 0 Å². The Labute approximate surface area is 154 Å². The van der Waals surface area contributed by atoms with Crippen molar-refractivity contribution in [3.8, 4) is 5.69 Å². The molecule has 26 heavy (non-hydrogen) atoms. The van der Waals surface area contributed by atoms with E-state index in [0.29, 0.717) is 23.9 Å². The number of benzene rings is 2. The van der Waals surface area contributed by atoms with E-state index in [2.05, 4.69) is 12.1 Å². The summed E-state index contributed by atoms with van der Waals surface area (Å²) in [6, 6.07) is 21.4. The van der Waals surface area contributed by atoms with Crippen LogP contribution in [0, 0.1) is 0 Å². The van der Waals surface area contributed by atoms with Crippen molar-refractivity contribution in [3.63, 3.8) is 0 Å². The first kappa shape index (κ1) is 17.1. The number of piperidine rings is 1.